The first-order chi connectivity index (χ1) is 24.5. The largest absolute Gasteiger partial charge is 0.634 e. The molecule has 0 saturated carbocycles. The molecule has 1 heterocycles. The third kappa shape index (κ3) is 29.7. The second kappa shape index (κ2) is 31.9. The minimum atomic E-state index is -1.87. The monoisotopic (exact) mass is 877 g/mol. The maximum Gasteiger partial charge on any atom is 0.173 e. The summed E-state index contributed by atoms with van der Waals surface area (Å²) in [5.41, 5.74) is 0.203. The summed E-state index contributed by atoms with van der Waals surface area (Å²) >= 11 is 2.50. The zero-order valence-corrected chi connectivity index (χ0v) is 38.0. The molecule has 0 spiro atoms. The lowest BCUT2D eigenvalue weighted by Crippen LogP contribution is -3.04. The fraction of sp³-hybridized carbons (Fsp3) is 1.00. The van der Waals surface area contributed by atoms with Crippen LogP contribution in [0.1, 0.15) is 83.5 Å². The first-order valence-electron chi connectivity index (χ1n) is 20.2. The van der Waals surface area contributed by atoms with E-state index in [1.165, 1.54) is 100.0 Å². The van der Waals surface area contributed by atoms with Crippen molar-refractivity contribution in [2.45, 2.75) is 122 Å². The van der Waals surface area contributed by atoms with Gasteiger partial charge in [0.15, 0.2) is 16.6 Å². The average molecular weight is 878 g/mol. The van der Waals surface area contributed by atoms with Crippen LogP contribution in [0.5, 0.6) is 0 Å². The number of alkyl halides is 1. The van der Waals surface area contributed by atoms with Crippen LogP contribution < -0.4 is 5.06 Å². The number of nitrogens with one attached hydrogen (secondary N) is 1. The van der Waals surface area contributed by atoms with Crippen LogP contribution in [0.4, 0.5) is 0 Å². The van der Waals surface area contributed by atoms with E-state index in [0.717, 1.165) is 13.2 Å². The highest BCUT2D eigenvalue weighted by Crippen LogP contribution is 2.40. The van der Waals surface area contributed by atoms with Crippen LogP contribution in [0.15, 0.2) is 0 Å². The van der Waals surface area contributed by atoms with Gasteiger partial charge in [-0.15, -0.1) is 0 Å². The van der Waals surface area contributed by atoms with Crippen molar-refractivity contribution in [1.82, 2.24) is 0 Å². The summed E-state index contributed by atoms with van der Waals surface area (Å²) in [6, 6.07) is 2.39. The molecule has 1 rings (SSSR count). The van der Waals surface area contributed by atoms with Gasteiger partial charge in [0.05, 0.1) is 86.3 Å². The molecule has 0 aliphatic carbocycles. The van der Waals surface area contributed by atoms with E-state index in [4.69, 9.17) is 37.3 Å². The second-order valence-electron chi connectivity index (χ2n) is 15.9. The Morgan fingerprint density at radius 2 is 1.24 bits per heavy atom. The van der Waals surface area contributed by atoms with Gasteiger partial charge in [-0.1, -0.05) is 67.5 Å². The molecule has 1 aliphatic heterocycles. The fourth-order valence-electron chi connectivity index (χ4n) is 6.88. The van der Waals surface area contributed by atoms with E-state index in [1.807, 2.05) is 0 Å². The van der Waals surface area contributed by atoms with Crippen molar-refractivity contribution in [3.8, 4) is 0 Å². The quantitative estimate of drug-likeness (QED) is 0.0286. The lowest BCUT2D eigenvalue weighted by molar-refractivity contribution is -0.826. The van der Waals surface area contributed by atoms with Crippen molar-refractivity contribution in [3.63, 3.8) is 0 Å². The number of likely N-dealkylation sites (N-methyl/N-ethyl adjacent to an activating group) is 1. The van der Waals surface area contributed by atoms with Crippen molar-refractivity contribution in [2.75, 3.05) is 111 Å². The predicted octanol–water partition coefficient (Wildman–Crippen LogP) is 7.29. The van der Waals surface area contributed by atoms with Gasteiger partial charge in [0.25, 0.3) is 0 Å². The van der Waals surface area contributed by atoms with Crippen molar-refractivity contribution < 1.29 is 42.3 Å². The van der Waals surface area contributed by atoms with E-state index in [9.17, 15) is 5.21 Å². The molecular weight excluding hydrogens is 797 g/mol. The van der Waals surface area contributed by atoms with Gasteiger partial charge >= 0.3 is 0 Å². The number of ether oxygens (including phenoxy) is 7. The Labute approximate surface area is 329 Å². The third-order valence-electron chi connectivity index (χ3n) is 9.90. The summed E-state index contributed by atoms with van der Waals surface area (Å²) in [5, 5.41) is 11.2. The zero-order chi connectivity index (χ0) is 37.5. The molecule has 0 bridgehead atoms. The molecule has 306 valence electrons. The number of methoxy groups -OCH3 is 1. The SMILES string of the molecule is COCCOCCOCCOCC1CCCCCCC(CCCCCCI)(COCCOCCOCC[NH+](C)[O-])CC[Si](C)(C)O[Si](C)(C)CC1. The van der Waals surface area contributed by atoms with Gasteiger partial charge in [0.1, 0.15) is 6.54 Å². The minimum Gasteiger partial charge on any atom is -0.634 e. The Hall–Kier alpha value is 0.764. The van der Waals surface area contributed by atoms with E-state index in [1.54, 1.807) is 14.2 Å². The maximum atomic E-state index is 11.1. The van der Waals surface area contributed by atoms with Crippen molar-refractivity contribution in [2.24, 2.45) is 11.3 Å². The van der Waals surface area contributed by atoms with E-state index >= 15 is 0 Å². The lowest BCUT2D eigenvalue weighted by atomic mass is 9.76. The second-order valence-corrected chi connectivity index (χ2v) is 25.8. The van der Waals surface area contributed by atoms with Crippen molar-refractivity contribution in [3.05, 3.63) is 5.21 Å². The van der Waals surface area contributed by atoms with Crippen LogP contribution in [0.25, 0.3) is 0 Å². The Kier molecular flexibility index (Phi) is 31.2. The van der Waals surface area contributed by atoms with Crippen LogP contribution in [-0.2, 0) is 37.3 Å². The summed E-state index contributed by atoms with van der Waals surface area (Å²) in [6.45, 7) is 18.3. The summed E-state index contributed by atoms with van der Waals surface area (Å²) < 4.78 is 48.6. The van der Waals surface area contributed by atoms with Crippen molar-refractivity contribution >= 4 is 39.2 Å². The molecule has 3 atom stereocenters. The third-order valence-corrected chi connectivity index (χ3v) is 18.0. The molecule has 1 aliphatic rings. The highest BCUT2D eigenvalue weighted by molar-refractivity contribution is 14.1. The maximum absolute atomic E-state index is 11.1. The van der Waals surface area contributed by atoms with E-state index in [-0.39, 0.29) is 10.5 Å². The molecule has 0 aromatic heterocycles. The van der Waals surface area contributed by atoms with Crippen LogP contribution in [0.3, 0.4) is 0 Å². The topological polar surface area (TPSA) is 101 Å². The summed E-state index contributed by atoms with van der Waals surface area (Å²) in [7, 11) is -0.423. The Balaban J connectivity index is 2.74. The van der Waals surface area contributed by atoms with Crippen LogP contribution in [0.2, 0.25) is 38.3 Å². The van der Waals surface area contributed by atoms with Gasteiger partial charge in [-0.05, 0) is 92.6 Å². The van der Waals surface area contributed by atoms with Gasteiger partial charge in [0, 0.05) is 13.7 Å². The van der Waals surface area contributed by atoms with E-state index < -0.39 is 16.6 Å². The summed E-state index contributed by atoms with van der Waals surface area (Å²) in [4.78, 5) is 0. The van der Waals surface area contributed by atoms with E-state index in [2.05, 4.69) is 48.8 Å². The normalized spacial score (nSPS) is 22.7. The molecular formula is C38H80INO9Si2. The number of halogens is 1. The molecule has 51 heavy (non-hydrogen) atoms. The first-order valence-corrected chi connectivity index (χ1v) is 28.0. The lowest BCUT2D eigenvalue weighted by Gasteiger charge is -2.39. The molecule has 1 N–H and O–H groups in total. The van der Waals surface area contributed by atoms with E-state index in [0.29, 0.717) is 85.1 Å². The summed E-state index contributed by atoms with van der Waals surface area (Å²) in [5.74, 6) is 0.581. The standard InChI is InChI=1S/C38H80INO9Si2/c1-40(41)21-22-43-25-26-46-30-32-48-36-38(18-13-9-10-14-20-39)17-12-8-7-11-15-37(16-33-50(3,4)49-51(5,6)34-19-38)35-47-31-29-45-28-27-44-24-23-42-2/h37,40H,7-36H2,1-6H3. The van der Waals surface area contributed by atoms with Gasteiger partial charge in [0.2, 0.25) is 0 Å². The molecule has 0 amide bonds. The van der Waals surface area contributed by atoms with Crippen LogP contribution >= 0.6 is 22.6 Å². The summed E-state index contributed by atoms with van der Waals surface area (Å²) in [6.07, 6.45) is 16.4. The number of hydrogen-bond donors (Lipinski definition) is 1. The van der Waals surface area contributed by atoms with Gasteiger partial charge in [-0.2, -0.15) is 0 Å². The Morgan fingerprint density at radius 3 is 1.88 bits per heavy atom. The van der Waals surface area contributed by atoms with Crippen molar-refractivity contribution in [1.29, 1.82) is 0 Å². The molecule has 0 aromatic carbocycles. The number of unbranched alkanes of at least 4 members (excludes halogenated alkanes) is 3. The fourth-order valence-corrected chi connectivity index (χ4v) is 16.5. The first kappa shape index (κ1) is 49.8. The zero-order valence-electron chi connectivity index (χ0n) is 33.8. The molecule has 10 nitrogen and oxygen atoms in total. The minimum absolute atomic E-state index is 0.157. The molecule has 0 aromatic rings. The van der Waals surface area contributed by atoms with Crippen LogP contribution in [-0.4, -0.2) is 128 Å². The number of quaternary nitrogens is 1. The molecule has 1 fully saturated rings. The molecule has 1 saturated heterocycles. The number of hydroxylamine groups is 2. The van der Waals surface area contributed by atoms with Gasteiger partial charge < -0.3 is 47.5 Å². The smallest absolute Gasteiger partial charge is 0.173 e. The Morgan fingerprint density at radius 1 is 0.667 bits per heavy atom. The molecule has 3 unspecified atom stereocenters. The average Bonchev–Trinajstić information content (AvgIpc) is 3.08. The molecule has 13 heteroatoms. The van der Waals surface area contributed by atoms with Gasteiger partial charge in [-0.25, -0.2) is 0 Å². The number of hydrogen-bond acceptors (Lipinski definition) is 9. The highest BCUT2D eigenvalue weighted by atomic mass is 127. The van der Waals surface area contributed by atoms with Crippen LogP contribution in [0, 0.1) is 16.5 Å². The Bertz CT molecular complexity index is 788. The predicted molar refractivity (Wildman–Crippen MR) is 222 cm³/mol. The molecule has 0 radical (unpaired) electrons. The number of rotatable bonds is 28. The highest BCUT2D eigenvalue weighted by Gasteiger charge is 2.37. The van der Waals surface area contributed by atoms with Gasteiger partial charge in [-0.3, -0.25) is 0 Å².